The maximum Gasteiger partial charge on any atom is 0.407 e. The molecule has 27 heavy (non-hydrogen) atoms. The predicted molar refractivity (Wildman–Crippen MR) is 106 cm³/mol. The van der Waals surface area contributed by atoms with Crippen molar-refractivity contribution in [3.63, 3.8) is 0 Å². The van der Waals surface area contributed by atoms with Gasteiger partial charge in [0.15, 0.2) is 0 Å². The lowest BCUT2D eigenvalue weighted by molar-refractivity contribution is 0.0527. The van der Waals surface area contributed by atoms with Crippen molar-refractivity contribution in [2.75, 3.05) is 6.54 Å². The first-order valence-electron chi connectivity index (χ1n) is 8.97. The molecule has 1 aromatic rings. The van der Waals surface area contributed by atoms with Crippen LogP contribution in [0.3, 0.4) is 0 Å². The lowest BCUT2D eigenvalue weighted by Gasteiger charge is -2.19. The molecule has 0 unspecified atom stereocenters. The van der Waals surface area contributed by atoms with Gasteiger partial charge in [0.2, 0.25) is 0 Å². The van der Waals surface area contributed by atoms with Crippen molar-refractivity contribution in [2.24, 2.45) is 0 Å². The molecule has 2 N–H and O–H groups in total. The number of rotatable bonds is 5. The number of ether oxygens (including phenoxy) is 1. The Hall–Kier alpha value is -2.76. The van der Waals surface area contributed by atoms with E-state index < -0.39 is 17.3 Å². The third-order valence-electron chi connectivity index (χ3n) is 4.03. The van der Waals surface area contributed by atoms with E-state index in [1.165, 1.54) is 6.08 Å². The van der Waals surface area contributed by atoms with E-state index in [0.29, 0.717) is 48.4 Å². The molecule has 0 aromatic carbocycles. The zero-order chi connectivity index (χ0) is 20.2. The smallest absolute Gasteiger partial charge is 0.407 e. The molecule has 0 aliphatic heterocycles. The van der Waals surface area contributed by atoms with Crippen LogP contribution in [-0.4, -0.2) is 23.3 Å². The molecule has 0 atom stereocenters. The van der Waals surface area contributed by atoms with Crippen LogP contribution < -0.4 is 21.4 Å². The topological polar surface area (TPSA) is 88.8 Å². The number of hydrogen-bond acceptors (Lipinski definition) is 5. The van der Waals surface area contributed by atoms with Crippen LogP contribution in [0.25, 0.3) is 18.7 Å². The zero-order valence-corrected chi connectivity index (χ0v) is 16.2. The van der Waals surface area contributed by atoms with Gasteiger partial charge in [0.25, 0.3) is 0 Å². The Morgan fingerprint density at radius 1 is 1.41 bits per heavy atom. The predicted octanol–water partition coefficient (Wildman–Crippen LogP) is 2.54. The lowest BCUT2D eigenvalue weighted by Crippen LogP contribution is -2.41. The van der Waals surface area contributed by atoms with Gasteiger partial charge in [-0.3, -0.25) is 0 Å². The third kappa shape index (κ3) is 5.88. The number of alkyl carbamates (subject to hydrolysis) is 1. The summed E-state index contributed by atoms with van der Waals surface area (Å²) in [6, 6.07) is 0. The van der Waals surface area contributed by atoms with Crippen LogP contribution >= 0.6 is 0 Å². The number of aliphatic hydroxyl groups excluding tert-OH is 1. The molecule has 1 heterocycles. The van der Waals surface area contributed by atoms with Crippen LogP contribution in [-0.2, 0) is 11.2 Å². The molecule has 0 radical (unpaired) electrons. The van der Waals surface area contributed by atoms with Crippen LogP contribution in [0.15, 0.2) is 27.1 Å². The maximum absolute atomic E-state index is 12.2. The van der Waals surface area contributed by atoms with Crippen molar-refractivity contribution in [1.29, 1.82) is 0 Å². The fraction of sp³-hybridized carbons (Fsp3) is 0.429. The number of hydrogen-bond donors (Lipinski definition) is 2. The average molecular weight is 373 g/mol. The Morgan fingerprint density at radius 3 is 2.78 bits per heavy atom. The van der Waals surface area contributed by atoms with Gasteiger partial charge in [-0.05, 0) is 51.3 Å². The van der Waals surface area contributed by atoms with Crippen molar-refractivity contribution in [3.8, 4) is 0 Å². The van der Waals surface area contributed by atoms with Crippen molar-refractivity contribution < 1.29 is 19.1 Å². The number of allylic oxidation sites excluding steroid dienone is 2. The molecule has 0 saturated heterocycles. The fourth-order valence-electron chi connectivity index (χ4n) is 2.76. The van der Waals surface area contributed by atoms with Crippen molar-refractivity contribution in [2.45, 2.75) is 52.1 Å². The molecule has 0 saturated carbocycles. The second-order valence-corrected chi connectivity index (χ2v) is 7.60. The van der Waals surface area contributed by atoms with Crippen LogP contribution in [0.4, 0.5) is 4.79 Å². The largest absolute Gasteiger partial charge is 0.512 e. The molecular weight excluding hydrogens is 346 g/mol. The van der Waals surface area contributed by atoms with Crippen LogP contribution in [0, 0.1) is 0 Å². The van der Waals surface area contributed by atoms with E-state index >= 15 is 0 Å². The quantitative estimate of drug-likeness (QED) is 0.775. The monoisotopic (exact) mass is 373 g/mol. The Labute approximate surface area is 158 Å². The average Bonchev–Trinajstić information content (AvgIpc) is 2.53. The highest BCUT2D eigenvalue weighted by Gasteiger charge is 2.16. The Bertz CT molecular complexity index is 931. The molecule has 1 aliphatic rings. The normalized spacial score (nSPS) is 14.3. The highest BCUT2D eigenvalue weighted by molar-refractivity contribution is 5.67. The van der Waals surface area contributed by atoms with Gasteiger partial charge >= 0.3 is 11.7 Å². The molecule has 6 heteroatoms. The molecule has 146 valence electrons. The number of aliphatic hydroxyl groups is 1. The first-order valence-corrected chi connectivity index (χ1v) is 8.97. The van der Waals surface area contributed by atoms with E-state index in [0.717, 1.165) is 11.1 Å². The number of carbonyl (C=O) groups is 1. The van der Waals surface area contributed by atoms with Gasteiger partial charge in [-0.2, -0.15) is 0 Å². The summed E-state index contributed by atoms with van der Waals surface area (Å²) in [6.07, 6.45) is 5.03. The van der Waals surface area contributed by atoms with E-state index in [9.17, 15) is 14.7 Å². The molecule has 0 spiro atoms. The molecule has 6 nitrogen and oxygen atoms in total. The summed E-state index contributed by atoms with van der Waals surface area (Å²) in [5.41, 5.74) is 0.543. The number of carbonyl (C=O) groups excluding carboxylic acids is 1. The number of nitrogens with one attached hydrogen (secondary N) is 1. The minimum atomic E-state index is -0.529. The van der Waals surface area contributed by atoms with Gasteiger partial charge in [-0.25, -0.2) is 9.59 Å². The number of amides is 1. The van der Waals surface area contributed by atoms with E-state index in [1.807, 2.05) is 0 Å². The minimum absolute atomic E-state index is 0.198. The van der Waals surface area contributed by atoms with Crippen molar-refractivity contribution in [1.82, 2.24) is 5.32 Å². The van der Waals surface area contributed by atoms with Crippen LogP contribution in [0.2, 0.25) is 0 Å². The fourth-order valence-corrected chi connectivity index (χ4v) is 2.76. The van der Waals surface area contributed by atoms with Gasteiger partial charge < -0.3 is 19.6 Å². The molecule has 0 bridgehead atoms. The summed E-state index contributed by atoms with van der Waals surface area (Å²) in [5, 5.41) is 13.3. The Balaban J connectivity index is 2.01. The van der Waals surface area contributed by atoms with Crippen LogP contribution in [0.5, 0.6) is 0 Å². The lowest BCUT2D eigenvalue weighted by atomic mass is 9.99. The van der Waals surface area contributed by atoms with Crippen LogP contribution in [0.1, 0.15) is 51.4 Å². The van der Waals surface area contributed by atoms with Crippen molar-refractivity contribution >= 4 is 24.8 Å². The van der Waals surface area contributed by atoms with E-state index in [1.54, 1.807) is 26.8 Å². The second kappa shape index (κ2) is 8.29. The van der Waals surface area contributed by atoms with Gasteiger partial charge in [-0.15, -0.1) is 0 Å². The van der Waals surface area contributed by atoms with Gasteiger partial charge in [0, 0.05) is 24.6 Å². The summed E-state index contributed by atoms with van der Waals surface area (Å²) in [6.45, 7) is 13.8. The molecule has 2 rings (SSSR count). The Morgan fingerprint density at radius 2 is 2.11 bits per heavy atom. The van der Waals surface area contributed by atoms with Crippen molar-refractivity contribution in [3.05, 3.63) is 50.1 Å². The first-order chi connectivity index (χ1) is 12.6. The van der Waals surface area contributed by atoms with E-state index in [-0.39, 0.29) is 5.76 Å². The summed E-state index contributed by atoms with van der Waals surface area (Å²) in [7, 11) is 0. The molecule has 0 fully saturated rings. The first kappa shape index (κ1) is 20.6. The molecular formula is C21H27NO5. The third-order valence-corrected chi connectivity index (χ3v) is 4.03. The summed E-state index contributed by atoms with van der Waals surface area (Å²) in [4.78, 5) is 23.8. The van der Waals surface area contributed by atoms with Gasteiger partial charge in [0.05, 0.1) is 11.0 Å². The standard InChI is InChI=1S/C21H27NO5/c1-13(7-6-10-22-20(25)27-21(3,4)5)11-17-14(2)16-9-8-15(23)12-18(16)26-19(17)24/h11-12,23H,1-2,6-10H2,3-5H3,(H,22,25)/b17-11+. The molecule has 1 aromatic heterocycles. The highest BCUT2D eigenvalue weighted by atomic mass is 16.6. The second-order valence-electron chi connectivity index (χ2n) is 7.60. The molecule has 1 aliphatic carbocycles. The Kier molecular flexibility index (Phi) is 6.31. The SMILES string of the molecule is C=C(/C=c1/c(=O)oc2c(c1=C)CCC(O)=C2)CCCNC(=O)OC(C)(C)C. The van der Waals surface area contributed by atoms with E-state index in [4.69, 9.17) is 9.15 Å². The van der Waals surface area contributed by atoms with Gasteiger partial charge in [0.1, 0.15) is 11.4 Å². The van der Waals surface area contributed by atoms with Gasteiger partial charge in [-0.1, -0.05) is 18.7 Å². The number of fused-ring (bicyclic) bond motifs is 1. The maximum atomic E-state index is 12.2. The minimum Gasteiger partial charge on any atom is -0.512 e. The molecule has 1 amide bonds. The highest BCUT2D eigenvalue weighted by Crippen LogP contribution is 2.17. The summed E-state index contributed by atoms with van der Waals surface area (Å²) in [5.74, 6) is 0.571. The summed E-state index contributed by atoms with van der Waals surface area (Å²) < 4.78 is 10.5. The van der Waals surface area contributed by atoms with E-state index in [2.05, 4.69) is 18.5 Å². The summed E-state index contributed by atoms with van der Waals surface area (Å²) >= 11 is 0. The zero-order valence-electron chi connectivity index (χ0n) is 16.2.